The highest BCUT2D eigenvalue weighted by atomic mass is 35.5. The molecule has 33 heavy (non-hydrogen) atoms. The van der Waals surface area contributed by atoms with E-state index in [9.17, 15) is 10.1 Å². The van der Waals surface area contributed by atoms with Crippen LogP contribution >= 0.6 is 11.6 Å². The van der Waals surface area contributed by atoms with Crippen molar-refractivity contribution in [3.05, 3.63) is 70.1 Å². The third kappa shape index (κ3) is 5.17. The van der Waals surface area contributed by atoms with Crippen LogP contribution in [0.1, 0.15) is 68.9 Å². The normalized spacial score (nSPS) is 22.2. The van der Waals surface area contributed by atoms with Crippen LogP contribution in [0.3, 0.4) is 0 Å². The zero-order valence-corrected chi connectivity index (χ0v) is 19.6. The zero-order chi connectivity index (χ0) is 23.4. The fourth-order valence-corrected chi connectivity index (χ4v) is 5.00. The molecule has 2 aromatic rings. The standard InChI is InChI=1S/C27H29ClN2O3/c1-2-3-4-17-5-7-19(8-6-17)27(31)32-21-13-14-22-24(15-21)33-26(30)23(16-29)25(22)18-9-11-20(28)12-10-18/h9-15,17,19,25H,2-8,30H2,1H3. The van der Waals surface area contributed by atoms with Crippen molar-refractivity contribution in [2.75, 3.05) is 0 Å². The average Bonchev–Trinajstić information content (AvgIpc) is 2.82. The second-order valence-electron chi connectivity index (χ2n) is 8.96. The van der Waals surface area contributed by atoms with Crippen LogP contribution < -0.4 is 15.2 Å². The second-order valence-corrected chi connectivity index (χ2v) is 9.39. The van der Waals surface area contributed by atoms with Crippen molar-refractivity contribution >= 4 is 17.6 Å². The Balaban J connectivity index is 1.50. The lowest BCUT2D eigenvalue weighted by Gasteiger charge is -2.28. The highest BCUT2D eigenvalue weighted by molar-refractivity contribution is 6.30. The predicted molar refractivity (Wildman–Crippen MR) is 128 cm³/mol. The van der Waals surface area contributed by atoms with Crippen LogP contribution in [0.15, 0.2) is 53.9 Å². The number of benzene rings is 2. The minimum Gasteiger partial charge on any atom is -0.440 e. The highest BCUT2D eigenvalue weighted by Gasteiger charge is 2.32. The smallest absolute Gasteiger partial charge is 0.314 e. The van der Waals surface area contributed by atoms with Gasteiger partial charge in [0, 0.05) is 16.7 Å². The molecule has 1 aliphatic carbocycles. The number of ether oxygens (including phenoxy) is 2. The third-order valence-electron chi connectivity index (χ3n) is 6.76. The van der Waals surface area contributed by atoms with Crippen molar-refractivity contribution in [1.29, 1.82) is 5.26 Å². The maximum absolute atomic E-state index is 12.8. The largest absolute Gasteiger partial charge is 0.440 e. The van der Waals surface area contributed by atoms with E-state index in [0.717, 1.165) is 42.7 Å². The summed E-state index contributed by atoms with van der Waals surface area (Å²) >= 11 is 6.04. The lowest BCUT2D eigenvalue weighted by atomic mass is 9.80. The molecule has 2 N–H and O–H groups in total. The van der Waals surface area contributed by atoms with Gasteiger partial charge in [-0.2, -0.15) is 5.26 Å². The molecule has 1 aliphatic heterocycles. The number of allylic oxidation sites excluding steroid dienone is 1. The third-order valence-corrected chi connectivity index (χ3v) is 7.01. The number of fused-ring (bicyclic) bond motifs is 1. The van der Waals surface area contributed by atoms with Crippen molar-refractivity contribution in [3.63, 3.8) is 0 Å². The number of nitriles is 1. The SMILES string of the molecule is CCCCC1CCC(C(=O)Oc2ccc3c(c2)OC(N)=C(C#N)C3c2ccc(Cl)cc2)CC1. The first-order valence-electron chi connectivity index (χ1n) is 11.7. The number of rotatable bonds is 6. The number of nitrogens with zero attached hydrogens (tertiary/aromatic N) is 1. The Morgan fingerprint density at radius 2 is 1.91 bits per heavy atom. The number of nitrogens with two attached hydrogens (primary N) is 1. The van der Waals surface area contributed by atoms with Crippen molar-refractivity contribution in [2.45, 2.75) is 57.8 Å². The van der Waals surface area contributed by atoms with E-state index in [1.807, 2.05) is 18.2 Å². The van der Waals surface area contributed by atoms with Gasteiger partial charge in [0.2, 0.25) is 5.88 Å². The van der Waals surface area contributed by atoms with E-state index in [-0.39, 0.29) is 23.7 Å². The summed E-state index contributed by atoms with van der Waals surface area (Å²) in [6, 6.07) is 14.8. The molecule has 0 spiro atoms. The molecule has 6 heteroatoms. The van der Waals surface area contributed by atoms with Crippen LogP contribution in [0.5, 0.6) is 11.5 Å². The van der Waals surface area contributed by atoms with Gasteiger partial charge in [-0.15, -0.1) is 0 Å². The molecule has 5 nitrogen and oxygen atoms in total. The van der Waals surface area contributed by atoms with E-state index in [4.69, 9.17) is 26.8 Å². The van der Waals surface area contributed by atoms with Crippen molar-refractivity contribution in [2.24, 2.45) is 17.6 Å². The van der Waals surface area contributed by atoms with E-state index < -0.39 is 0 Å². The number of carbonyl (C=O) groups excluding carboxylic acids is 1. The molecule has 0 saturated heterocycles. The van der Waals surface area contributed by atoms with Crippen molar-refractivity contribution < 1.29 is 14.3 Å². The summed E-state index contributed by atoms with van der Waals surface area (Å²) in [5.41, 5.74) is 8.09. The van der Waals surface area contributed by atoms with Crippen LogP contribution in [-0.4, -0.2) is 5.97 Å². The summed E-state index contributed by atoms with van der Waals surface area (Å²) in [6.07, 6.45) is 7.69. The van der Waals surface area contributed by atoms with E-state index in [0.29, 0.717) is 22.1 Å². The summed E-state index contributed by atoms with van der Waals surface area (Å²) in [7, 11) is 0. The van der Waals surface area contributed by atoms with Gasteiger partial charge in [0.15, 0.2) is 0 Å². The molecular formula is C27H29ClN2O3. The summed E-state index contributed by atoms with van der Waals surface area (Å²) < 4.78 is 11.5. The first-order chi connectivity index (χ1) is 16.0. The highest BCUT2D eigenvalue weighted by Crippen LogP contribution is 2.43. The van der Waals surface area contributed by atoms with Crippen LogP contribution in [0, 0.1) is 23.2 Å². The Morgan fingerprint density at radius 1 is 1.18 bits per heavy atom. The minimum absolute atomic E-state index is 0.0545. The Bertz CT molecular complexity index is 1080. The van der Waals surface area contributed by atoms with Crippen molar-refractivity contribution in [3.8, 4) is 17.6 Å². The summed E-state index contributed by atoms with van der Waals surface area (Å²) in [5, 5.41) is 10.3. The minimum atomic E-state index is -0.376. The van der Waals surface area contributed by atoms with Gasteiger partial charge in [0.1, 0.15) is 23.1 Å². The molecule has 0 aromatic heterocycles. The lowest BCUT2D eigenvalue weighted by molar-refractivity contribution is -0.140. The Labute approximate surface area is 200 Å². The van der Waals surface area contributed by atoms with Gasteiger partial charge in [0.05, 0.1) is 11.8 Å². The second kappa shape index (κ2) is 10.3. The van der Waals surface area contributed by atoms with Gasteiger partial charge in [-0.3, -0.25) is 4.79 Å². The molecule has 1 heterocycles. The molecule has 0 amide bonds. The molecule has 1 unspecified atom stereocenters. The number of hydrogen-bond donors (Lipinski definition) is 1. The van der Waals surface area contributed by atoms with E-state index in [1.165, 1.54) is 19.3 Å². The molecule has 2 aromatic carbocycles. The van der Waals surface area contributed by atoms with Crippen molar-refractivity contribution in [1.82, 2.24) is 0 Å². The topological polar surface area (TPSA) is 85.3 Å². The molecule has 2 aliphatic rings. The van der Waals surface area contributed by atoms with Crippen LogP contribution in [0.4, 0.5) is 0 Å². The maximum Gasteiger partial charge on any atom is 0.314 e. The molecule has 0 bridgehead atoms. The fraction of sp³-hybridized carbons (Fsp3) is 0.407. The monoisotopic (exact) mass is 464 g/mol. The van der Waals surface area contributed by atoms with Crippen LogP contribution in [0.2, 0.25) is 5.02 Å². The number of unbranched alkanes of at least 4 members (excludes halogenated alkanes) is 1. The summed E-state index contributed by atoms with van der Waals surface area (Å²) in [4.78, 5) is 12.8. The van der Waals surface area contributed by atoms with Gasteiger partial charge in [0.25, 0.3) is 0 Å². The summed E-state index contributed by atoms with van der Waals surface area (Å²) in [5.74, 6) is 1.08. The quantitative estimate of drug-likeness (QED) is 0.391. The molecule has 4 rings (SSSR count). The number of carbonyl (C=O) groups is 1. The van der Waals surface area contributed by atoms with Gasteiger partial charge in [-0.25, -0.2) is 0 Å². The lowest BCUT2D eigenvalue weighted by Crippen LogP contribution is -2.26. The molecule has 1 atom stereocenters. The van der Waals surface area contributed by atoms with Crippen LogP contribution in [0.25, 0.3) is 0 Å². The van der Waals surface area contributed by atoms with Crippen LogP contribution in [-0.2, 0) is 4.79 Å². The van der Waals surface area contributed by atoms with Gasteiger partial charge >= 0.3 is 5.97 Å². The molecule has 1 saturated carbocycles. The average molecular weight is 465 g/mol. The molecule has 0 radical (unpaired) electrons. The predicted octanol–water partition coefficient (Wildman–Crippen LogP) is 6.46. The van der Waals surface area contributed by atoms with Gasteiger partial charge in [-0.05, 0) is 55.4 Å². The number of esters is 1. The Kier molecular flexibility index (Phi) is 7.25. The van der Waals surface area contributed by atoms with E-state index >= 15 is 0 Å². The Hall–Kier alpha value is -2.97. The summed E-state index contributed by atoms with van der Waals surface area (Å²) in [6.45, 7) is 2.22. The van der Waals surface area contributed by atoms with Gasteiger partial charge < -0.3 is 15.2 Å². The molecule has 1 fully saturated rings. The fourth-order valence-electron chi connectivity index (χ4n) is 4.88. The molecular weight excluding hydrogens is 436 g/mol. The molecule has 172 valence electrons. The van der Waals surface area contributed by atoms with Gasteiger partial charge in [-0.1, -0.05) is 56.0 Å². The number of hydrogen-bond acceptors (Lipinski definition) is 5. The maximum atomic E-state index is 12.8. The first-order valence-corrected chi connectivity index (χ1v) is 12.1. The zero-order valence-electron chi connectivity index (χ0n) is 18.9. The van der Waals surface area contributed by atoms with E-state index in [2.05, 4.69) is 13.0 Å². The number of halogens is 1. The first kappa shape index (κ1) is 23.2. The Morgan fingerprint density at radius 3 is 2.58 bits per heavy atom. The van der Waals surface area contributed by atoms with E-state index in [1.54, 1.807) is 24.3 Å².